The highest BCUT2D eigenvalue weighted by Crippen LogP contribution is 2.30. The van der Waals surface area contributed by atoms with Crippen molar-refractivity contribution in [2.24, 2.45) is 0 Å². The number of carbonyl (C=O) groups excluding carboxylic acids is 1. The molecule has 25 heavy (non-hydrogen) atoms. The Hall–Kier alpha value is -3.40. The van der Waals surface area contributed by atoms with Crippen molar-refractivity contribution >= 4 is 39.6 Å². The normalized spacial score (nSPS) is 11.4. The number of anilines is 1. The molecular weight excluding hydrogens is 317 g/mol. The van der Waals surface area contributed by atoms with Gasteiger partial charge in [0, 0.05) is 22.5 Å². The van der Waals surface area contributed by atoms with E-state index >= 15 is 0 Å². The number of fused-ring (bicyclic) bond motifs is 3. The number of furan rings is 1. The monoisotopic (exact) mass is 331 g/mol. The summed E-state index contributed by atoms with van der Waals surface area (Å²) in [5.41, 5.74) is 3.04. The van der Waals surface area contributed by atoms with Crippen LogP contribution in [0.2, 0.25) is 0 Å². The number of halogens is 1. The summed E-state index contributed by atoms with van der Waals surface area (Å²) in [6.07, 6.45) is 3.06. The molecule has 0 fully saturated rings. The Bertz CT molecular complexity index is 1090. The number of nitrogens with one attached hydrogen (secondary N) is 1. The van der Waals surface area contributed by atoms with Crippen LogP contribution in [0.25, 0.3) is 28.0 Å². The van der Waals surface area contributed by atoms with E-state index in [2.05, 4.69) is 5.32 Å². The molecular formula is C21H14FNO2. The van der Waals surface area contributed by atoms with Gasteiger partial charge in [0.1, 0.15) is 17.0 Å². The third-order valence-electron chi connectivity index (χ3n) is 3.94. The van der Waals surface area contributed by atoms with Crippen LogP contribution in [0.3, 0.4) is 0 Å². The van der Waals surface area contributed by atoms with Gasteiger partial charge in [-0.15, -0.1) is 0 Å². The quantitative estimate of drug-likeness (QED) is 0.512. The summed E-state index contributed by atoms with van der Waals surface area (Å²) >= 11 is 0. The van der Waals surface area contributed by atoms with Gasteiger partial charge in [-0.1, -0.05) is 30.3 Å². The summed E-state index contributed by atoms with van der Waals surface area (Å²) in [6, 6.07) is 19.3. The van der Waals surface area contributed by atoms with Crippen LogP contribution in [0, 0.1) is 5.82 Å². The molecule has 1 N–H and O–H groups in total. The average molecular weight is 331 g/mol. The van der Waals surface area contributed by atoms with Crippen LogP contribution in [0.1, 0.15) is 5.56 Å². The van der Waals surface area contributed by atoms with Crippen LogP contribution >= 0.6 is 0 Å². The van der Waals surface area contributed by atoms with E-state index in [0.717, 1.165) is 27.5 Å². The van der Waals surface area contributed by atoms with Crippen LogP contribution < -0.4 is 5.32 Å². The SMILES string of the molecule is O=C(/C=C/c1ccc(F)cc1)Nc1ccc2oc3ccccc3c2c1. The minimum Gasteiger partial charge on any atom is -0.456 e. The van der Waals surface area contributed by atoms with E-state index in [9.17, 15) is 9.18 Å². The first-order valence-electron chi connectivity index (χ1n) is 7.85. The highest BCUT2D eigenvalue weighted by molar-refractivity contribution is 6.08. The molecule has 3 aromatic carbocycles. The van der Waals surface area contributed by atoms with Gasteiger partial charge >= 0.3 is 0 Å². The van der Waals surface area contributed by atoms with Crippen molar-refractivity contribution in [3.8, 4) is 0 Å². The van der Waals surface area contributed by atoms with E-state index in [1.807, 2.05) is 36.4 Å². The first-order chi connectivity index (χ1) is 12.2. The van der Waals surface area contributed by atoms with E-state index in [1.165, 1.54) is 18.2 Å². The molecule has 1 amide bonds. The largest absolute Gasteiger partial charge is 0.456 e. The number of amides is 1. The van der Waals surface area contributed by atoms with Gasteiger partial charge in [0.05, 0.1) is 0 Å². The zero-order valence-corrected chi connectivity index (χ0v) is 13.2. The lowest BCUT2D eigenvalue weighted by molar-refractivity contribution is -0.111. The molecule has 1 aromatic heterocycles. The highest BCUT2D eigenvalue weighted by Gasteiger charge is 2.07. The van der Waals surface area contributed by atoms with E-state index in [1.54, 1.807) is 24.3 Å². The Morgan fingerprint density at radius 3 is 2.52 bits per heavy atom. The van der Waals surface area contributed by atoms with Crippen LogP contribution in [0.5, 0.6) is 0 Å². The summed E-state index contributed by atoms with van der Waals surface area (Å²) in [4.78, 5) is 12.1. The van der Waals surface area contributed by atoms with Crippen LogP contribution in [-0.4, -0.2) is 5.91 Å². The van der Waals surface area contributed by atoms with Crippen molar-refractivity contribution < 1.29 is 13.6 Å². The summed E-state index contributed by atoms with van der Waals surface area (Å²) in [6.45, 7) is 0. The molecule has 0 bridgehead atoms. The second kappa shape index (κ2) is 6.24. The lowest BCUT2D eigenvalue weighted by Crippen LogP contribution is -2.07. The Morgan fingerprint density at radius 1 is 0.920 bits per heavy atom. The predicted octanol–water partition coefficient (Wildman–Crippen LogP) is 5.38. The highest BCUT2D eigenvalue weighted by atomic mass is 19.1. The number of hydrogen-bond acceptors (Lipinski definition) is 2. The van der Waals surface area contributed by atoms with Gasteiger partial charge in [-0.3, -0.25) is 4.79 Å². The number of rotatable bonds is 3. The molecule has 0 unspecified atom stereocenters. The second-order valence-electron chi connectivity index (χ2n) is 5.68. The van der Waals surface area contributed by atoms with Crippen LogP contribution in [0.4, 0.5) is 10.1 Å². The summed E-state index contributed by atoms with van der Waals surface area (Å²) in [5, 5.41) is 4.79. The number of para-hydroxylation sites is 1. The molecule has 0 saturated carbocycles. The molecule has 1 heterocycles. The zero-order valence-electron chi connectivity index (χ0n) is 13.2. The predicted molar refractivity (Wildman–Crippen MR) is 97.8 cm³/mol. The van der Waals surface area contributed by atoms with Crippen LogP contribution in [0.15, 0.2) is 77.2 Å². The van der Waals surface area contributed by atoms with Crippen molar-refractivity contribution in [2.75, 3.05) is 5.32 Å². The Kier molecular flexibility index (Phi) is 3.78. The lowest BCUT2D eigenvalue weighted by Gasteiger charge is -2.02. The van der Waals surface area contributed by atoms with Gasteiger partial charge in [0.2, 0.25) is 5.91 Å². The molecule has 0 spiro atoms. The summed E-state index contributed by atoms with van der Waals surface area (Å²) < 4.78 is 18.6. The molecule has 3 nitrogen and oxygen atoms in total. The Labute approximate surface area is 143 Å². The average Bonchev–Trinajstić information content (AvgIpc) is 2.99. The molecule has 4 aromatic rings. The molecule has 0 aliphatic rings. The van der Waals surface area contributed by atoms with Crippen molar-refractivity contribution in [1.82, 2.24) is 0 Å². The van der Waals surface area contributed by atoms with Crippen molar-refractivity contribution in [1.29, 1.82) is 0 Å². The fourth-order valence-electron chi connectivity index (χ4n) is 2.73. The van der Waals surface area contributed by atoms with Gasteiger partial charge < -0.3 is 9.73 Å². The molecule has 0 radical (unpaired) electrons. The van der Waals surface area contributed by atoms with Gasteiger partial charge in [-0.25, -0.2) is 4.39 Å². The van der Waals surface area contributed by atoms with E-state index in [4.69, 9.17) is 4.42 Å². The first-order valence-corrected chi connectivity index (χ1v) is 7.85. The van der Waals surface area contributed by atoms with Gasteiger partial charge in [0.25, 0.3) is 0 Å². The number of carbonyl (C=O) groups is 1. The molecule has 0 saturated heterocycles. The third kappa shape index (κ3) is 3.15. The topological polar surface area (TPSA) is 42.2 Å². The van der Waals surface area contributed by atoms with E-state index in [0.29, 0.717) is 5.69 Å². The fourth-order valence-corrected chi connectivity index (χ4v) is 2.73. The van der Waals surface area contributed by atoms with Gasteiger partial charge in [-0.05, 0) is 48.0 Å². The standard InChI is InChI=1S/C21H14FNO2/c22-15-8-5-14(6-9-15)7-12-21(24)23-16-10-11-20-18(13-16)17-3-1-2-4-19(17)25-20/h1-13H,(H,23,24)/b12-7+. The van der Waals surface area contributed by atoms with E-state index in [-0.39, 0.29) is 11.7 Å². The molecule has 4 heteroatoms. The van der Waals surface area contributed by atoms with Gasteiger partial charge in [0.15, 0.2) is 0 Å². The van der Waals surface area contributed by atoms with Crippen molar-refractivity contribution in [2.45, 2.75) is 0 Å². The molecule has 0 aliphatic heterocycles. The van der Waals surface area contributed by atoms with Crippen molar-refractivity contribution in [3.63, 3.8) is 0 Å². The maximum atomic E-state index is 12.9. The second-order valence-corrected chi connectivity index (χ2v) is 5.68. The first kappa shape index (κ1) is 15.1. The lowest BCUT2D eigenvalue weighted by atomic mass is 10.1. The summed E-state index contributed by atoms with van der Waals surface area (Å²) in [7, 11) is 0. The minimum atomic E-state index is -0.303. The maximum Gasteiger partial charge on any atom is 0.248 e. The molecule has 0 aliphatic carbocycles. The van der Waals surface area contributed by atoms with Crippen molar-refractivity contribution in [3.05, 3.63) is 84.2 Å². The van der Waals surface area contributed by atoms with Gasteiger partial charge in [-0.2, -0.15) is 0 Å². The molecule has 4 rings (SSSR count). The maximum absolute atomic E-state index is 12.9. The minimum absolute atomic E-state index is 0.253. The molecule has 0 atom stereocenters. The Balaban J connectivity index is 1.56. The third-order valence-corrected chi connectivity index (χ3v) is 3.94. The number of hydrogen-bond donors (Lipinski definition) is 1. The fraction of sp³-hybridized carbons (Fsp3) is 0. The van der Waals surface area contributed by atoms with E-state index < -0.39 is 0 Å². The smallest absolute Gasteiger partial charge is 0.248 e. The molecule has 122 valence electrons. The van der Waals surface area contributed by atoms with Crippen LogP contribution in [-0.2, 0) is 4.79 Å². The Morgan fingerprint density at radius 2 is 1.68 bits per heavy atom. The zero-order chi connectivity index (χ0) is 17.2. The summed E-state index contributed by atoms with van der Waals surface area (Å²) in [5.74, 6) is -0.557. The number of benzene rings is 3.